The molecule has 0 radical (unpaired) electrons. The predicted molar refractivity (Wildman–Crippen MR) is 40.1 cm³/mol. The molecule has 1 fully saturated rings. The molecule has 0 aromatic heterocycles. The first kappa shape index (κ1) is 6.65. The van der Waals surface area contributed by atoms with Gasteiger partial charge in [0, 0.05) is 6.07 Å². The highest BCUT2D eigenvalue weighted by molar-refractivity contribution is 5.23. The highest BCUT2D eigenvalue weighted by Gasteiger charge is 2.23. The summed E-state index contributed by atoms with van der Waals surface area (Å²) in [7, 11) is 0. The molecular formula is C9H9FO. The van der Waals surface area contributed by atoms with E-state index in [0.717, 1.165) is 12.8 Å². The van der Waals surface area contributed by atoms with Crippen LogP contribution < -0.4 is 4.74 Å². The number of halogens is 1. The molecule has 0 N–H and O–H groups in total. The van der Waals surface area contributed by atoms with Crippen LogP contribution in [0.5, 0.6) is 5.75 Å². The molecule has 1 aliphatic rings. The lowest BCUT2D eigenvalue weighted by atomic mass is 10.3. The minimum atomic E-state index is -0.233. The summed E-state index contributed by atoms with van der Waals surface area (Å²) >= 11 is 0. The molecule has 58 valence electrons. The summed E-state index contributed by atoms with van der Waals surface area (Å²) < 4.78 is 17.9. The van der Waals surface area contributed by atoms with Crippen LogP contribution >= 0.6 is 0 Å². The molecule has 0 unspecified atom stereocenters. The van der Waals surface area contributed by atoms with E-state index < -0.39 is 0 Å². The first-order valence-corrected chi connectivity index (χ1v) is 3.77. The van der Waals surface area contributed by atoms with Crippen LogP contribution in [-0.4, -0.2) is 6.10 Å². The lowest BCUT2D eigenvalue weighted by Gasteiger charge is -2.02. The van der Waals surface area contributed by atoms with Gasteiger partial charge in [0.2, 0.25) is 0 Å². The fourth-order valence-electron chi connectivity index (χ4n) is 0.919. The van der Waals surface area contributed by atoms with E-state index in [9.17, 15) is 4.39 Å². The van der Waals surface area contributed by atoms with Crippen LogP contribution in [-0.2, 0) is 0 Å². The van der Waals surface area contributed by atoms with Gasteiger partial charge in [0.25, 0.3) is 0 Å². The average molecular weight is 152 g/mol. The van der Waals surface area contributed by atoms with E-state index in [1.165, 1.54) is 12.1 Å². The summed E-state index contributed by atoms with van der Waals surface area (Å²) in [5.41, 5.74) is 0. The Morgan fingerprint density at radius 3 is 2.82 bits per heavy atom. The van der Waals surface area contributed by atoms with Crippen molar-refractivity contribution in [3.8, 4) is 5.75 Å². The molecule has 0 bridgehead atoms. The van der Waals surface area contributed by atoms with Crippen molar-refractivity contribution in [2.45, 2.75) is 18.9 Å². The van der Waals surface area contributed by atoms with E-state index in [2.05, 4.69) is 0 Å². The normalized spacial score (nSPS) is 16.5. The fourth-order valence-corrected chi connectivity index (χ4v) is 0.919. The Morgan fingerprint density at radius 2 is 2.18 bits per heavy atom. The Balaban J connectivity index is 2.10. The lowest BCUT2D eigenvalue weighted by Crippen LogP contribution is -1.95. The Kier molecular flexibility index (Phi) is 1.53. The van der Waals surface area contributed by atoms with Crippen LogP contribution in [0.4, 0.5) is 4.39 Å². The minimum absolute atomic E-state index is 0.233. The number of hydrogen-bond donors (Lipinski definition) is 0. The van der Waals surface area contributed by atoms with Crippen molar-refractivity contribution in [3.63, 3.8) is 0 Å². The van der Waals surface area contributed by atoms with Gasteiger partial charge in [-0.05, 0) is 25.0 Å². The molecule has 0 saturated heterocycles. The average Bonchev–Trinajstić information content (AvgIpc) is 2.71. The smallest absolute Gasteiger partial charge is 0.126 e. The van der Waals surface area contributed by atoms with Crippen LogP contribution in [0.3, 0.4) is 0 Å². The molecule has 1 saturated carbocycles. The second kappa shape index (κ2) is 2.53. The second-order valence-electron chi connectivity index (χ2n) is 2.77. The zero-order valence-electron chi connectivity index (χ0n) is 6.09. The molecule has 0 atom stereocenters. The Morgan fingerprint density at radius 1 is 1.36 bits per heavy atom. The van der Waals surface area contributed by atoms with Crippen LogP contribution in [0.25, 0.3) is 0 Å². The summed E-state index contributed by atoms with van der Waals surface area (Å²) in [4.78, 5) is 0. The largest absolute Gasteiger partial charge is 0.490 e. The van der Waals surface area contributed by atoms with Gasteiger partial charge in [0.05, 0.1) is 6.10 Å². The molecule has 1 nitrogen and oxygen atoms in total. The molecule has 0 spiro atoms. The third-order valence-corrected chi connectivity index (χ3v) is 1.62. The van der Waals surface area contributed by atoms with E-state index in [1.54, 1.807) is 12.1 Å². The van der Waals surface area contributed by atoms with Gasteiger partial charge < -0.3 is 4.74 Å². The first-order valence-electron chi connectivity index (χ1n) is 3.77. The van der Waals surface area contributed by atoms with Crippen LogP contribution in [0.1, 0.15) is 12.8 Å². The summed E-state index contributed by atoms with van der Waals surface area (Å²) in [6.07, 6.45) is 2.56. The van der Waals surface area contributed by atoms with Crippen molar-refractivity contribution in [1.29, 1.82) is 0 Å². The van der Waals surface area contributed by atoms with Gasteiger partial charge in [-0.25, -0.2) is 4.39 Å². The Hall–Kier alpha value is -1.05. The maximum atomic E-state index is 12.6. The van der Waals surface area contributed by atoms with E-state index in [1.807, 2.05) is 0 Å². The third-order valence-electron chi connectivity index (χ3n) is 1.62. The highest BCUT2D eigenvalue weighted by Crippen LogP contribution is 2.26. The molecule has 0 heterocycles. The van der Waals surface area contributed by atoms with Gasteiger partial charge in [0.15, 0.2) is 0 Å². The van der Waals surface area contributed by atoms with Crippen molar-refractivity contribution >= 4 is 0 Å². The molecule has 0 amide bonds. The topological polar surface area (TPSA) is 9.23 Å². The summed E-state index contributed by atoms with van der Waals surface area (Å²) in [6.45, 7) is 0. The molecule has 1 aromatic carbocycles. The van der Waals surface area contributed by atoms with E-state index in [-0.39, 0.29) is 5.82 Å². The molecule has 0 aliphatic heterocycles. The fraction of sp³-hybridized carbons (Fsp3) is 0.333. The van der Waals surface area contributed by atoms with Crippen molar-refractivity contribution in [1.82, 2.24) is 0 Å². The number of ether oxygens (including phenoxy) is 1. The molecule has 1 aliphatic carbocycles. The maximum Gasteiger partial charge on any atom is 0.126 e. The van der Waals surface area contributed by atoms with Gasteiger partial charge in [-0.3, -0.25) is 0 Å². The summed E-state index contributed by atoms with van der Waals surface area (Å²) in [6, 6.07) is 6.27. The summed E-state index contributed by atoms with van der Waals surface area (Å²) in [5.74, 6) is 0.413. The highest BCUT2D eigenvalue weighted by atomic mass is 19.1. The van der Waals surface area contributed by atoms with Crippen molar-refractivity contribution in [2.24, 2.45) is 0 Å². The quantitative estimate of drug-likeness (QED) is 0.632. The molecule has 2 rings (SSSR count). The van der Waals surface area contributed by atoms with Crippen molar-refractivity contribution in [2.75, 3.05) is 0 Å². The van der Waals surface area contributed by atoms with Gasteiger partial charge in [-0.15, -0.1) is 0 Å². The third kappa shape index (κ3) is 1.70. The maximum absolute atomic E-state index is 12.6. The minimum Gasteiger partial charge on any atom is -0.490 e. The molecular weight excluding hydrogens is 143 g/mol. The number of benzene rings is 1. The molecule has 2 heteroatoms. The van der Waals surface area contributed by atoms with E-state index >= 15 is 0 Å². The van der Waals surface area contributed by atoms with Gasteiger partial charge in [-0.1, -0.05) is 6.07 Å². The number of rotatable bonds is 2. The summed E-state index contributed by atoms with van der Waals surface area (Å²) in [5, 5.41) is 0. The molecule has 1 aromatic rings. The second-order valence-corrected chi connectivity index (χ2v) is 2.77. The van der Waals surface area contributed by atoms with E-state index in [0.29, 0.717) is 11.9 Å². The van der Waals surface area contributed by atoms with Crippen molar-refractivity contribution in [3.05, 3.63) is 30.1 Å². The SMILES string of the molecule is Fc1cccc(OC2CC2)c1. The van der Waals surface area contributed by atoms with E-state index in [4.69, 9.17) is 4.74 Å². The van der Waals surface area contributed by atoms with Gasteiger partial charge in [0.1, 0.15) is 11.6 Å². The first-order chi connectivity index (χ1) is 5.34. The monoisotopic (exact) mass is 152 g/mol. The Bertz CT molecular complexity index is 255. The lowest BCUT2D eigenvalue weighted by molar-refractivity contribution is 0.301. The molecule has 11 heavy (non-hydrogen) atoms. The van der Waals surface area contributed by atoms with Gasteiger partial charge >= 0.3 is 0 Å². The standard InChI is InChI=1S/C9H9FO/c10-7-2-1-3-9(6-7)11-8-4-5-8/h1-3,6,8H,4-5H2. The van der Waals surface area contributed by atoms with Crippen molar-refractivity contribution < 1.29 is 9.13 Å². The predicted octanol–water partition coefficient (Wildman–Crippen LogP) is 2.37. The van der Waals surface area contributed by atoms with Crippen LogP contribution in [0.2, 0.25) is 0 Å². The Labute approximate surface area is 64.8 Å². The zero-order chi connectivity index (χ0) is 7.68. The number of hydrogen-bond acceptors (Lipinski definition) is 1. The zero-order valence-corrected chi connectivity index (χ0v) is 6.09. The van der Waals surface area contributed by atoms with Crippen LogP contribution in [0, 0.1) is 5.82 Å². The van der Waals surface area contributed by atoms with Crippen LogP contribution in [0.15, 0.2) is 24.3 Å². The van der Waals surface area contributed by atoms with Gasteiger partial charge in [-0.2, -0.15) is 0 Å².